The number of nitrogens with zero attached hydrogens (tertiary/aromatic N) is 1. The summed E-state index contributed by atoms with van der Waals surface area (Å²) in [6, 6.07) is 16.0. The zero-order valence-corrected chi connectivity index (χ0v) is 14.8. The first-order valence-corrected chi connectivity index (χ1v) is 8.61. The van der Waals surface area contributed by atoms with E-state index in [0.717, 1.165) is 36.6 Å². The van der Waals surface area contributed by atoms with Crippen LogP contribution in [0, 0.1) is 6.92 Å². The van der Waals surface area contributed by atoms with Crippen LogP contribution in [-0.4, -0.2) is 44.1 Å². The van der Waals surface area contributed by atoms with E-state index < -0.39 is 0 Å². The normalized spacial score (nSPS) is 17.9. The lowest BCUT2D eigenvalue weighted by molar-refractivity contribution is -0.118. The Morgan fingerprint density at radius 1 is 1.24 bits per heavy atom. The number of benzene rings is 2. The van der Waals surface area contributed by atoms with Crippen LogP contribution in [0.3, 0.4) is 0 Å². The number of hydrogen-bond acceptors (Lipinski definition) is 4. The summed E-state index contributed by atoms with van der Waals surface area (Å²) in [5, 5.41) is 6.40. The van der Waals surface area contributed by atoms with Gasteiger partial charge in [-0.1, -0.05) is 35.9 Å². The maximum absolute atomic E-state index is 12.5. The van der Waals surface area contributed by atoms with Gasteiger partial charge < -0.3 is 15.4 Å². The highest BCUT2D eigenvalue weighted by molar-refractivity contribution is 5.92. The van der Waals surface area contributed by atoms with Crippen molar-refractivity contribution in [2.75, 3.05) is 38.6 Å². The molecule has 2 aromatic carbocycles. The molecule has 1 aliphatic heterocycles. The second kappa shape index (κ2) is 8.14. The van der Waals surface area contributed by atoms with Gasteiger partial charge in [0, 0.05) is 30.9 Å². The highest BCUT2D eigenvalue weighted by Crippen LogP contribution is 2.29. The van der Waals surface area contributed by atoms with Crippen LogP contribution in [-0.2, 0) is 4.79 Å². The first kappa shape index (κ1) is 17.5. The van der Waals surface area contributed by atoms with E-state index in [-0.39, 0.29) is 11.9 Å². The number of para-hydroxylation sites is 1. The van der Waals surface area contributed by atoms with Crippen molar-refractivity contribution in [1.29, 1.82) is 0 Å². The monoisotopic (exact) mass is 339 g/mol. The topological polar surface area (TPSA) is 53.6 Å². The van der Waals surface area contributed by atoms with Crippen molar-refractivity contribution in [1.82, 2.24) is 10.2 Å². The minimum absolute atomic E-state index is 0.00523. The predicted octanol–water partition coefficient (Wildman–Crippen LogP) is 2.59. The Morgan fingerprint density at radius 3 is 2.76 bits per heavy atom. The number of aryl methyl sites for hydroxylation is 1. The molecule has 1 saturated heterocycles. The van der Waals surface area contributed by atoms with Gasteiger partial charge in [-0.3, -0.25) is 9.69 Å². The van der Waals surface area contributed by atoms with Crippen molar-refractivity contribution < 1.29 is 9.53 Å². The molecule has 1 atom stereocenters. The minimum atomic E-state index is 0.00523. The molecule has 1 heterocycles. The third kappa shape index (κ3) is 4.38. The van der Waals surface area contributed by atoms with Gasteiger partial charge in [0.2, 0.25) is 5.91 Å². The molecule has 2 aromatic rings. The smallest absolute Gasteiger partial charge is 0.238 e. The summed E-state index contributed by atoms with van der Waals surface area (Å²) < 4.78 is 5.50. The van der Waals surface area contributed by atoms with Gasteiger partial charge in [0.15, 0.2) is 0 Å². The van der Waals surface area contributed by atoms with Gasteiger partial charge in [0.25, 0.3) is 0 Å². The Morgan fingerprint density at radius 2 is 2.00 bits per heavy atom. The maximum Gasteiger partial charge on any atom is 0.238 e. The molecule has 2 N–H and O–H groups in total. The highest BCUT2D eigenvalue weighted by Gasteiger charge is 2.27. The Bertz CT molecular complexity index is 715. The van der Waals surface area contributed by atoms with Crippen molar-refractivity contribution in [2.24, 2.45) is 0 Å². The largest absolute Gasteiger partial charge is 0.496 e. The van der Waals surface area contributed by atoms with E-state index in [2.05, 4.69) is 21.6 Å². The molecule has 0 radical (unpaired) electrons. The third-order valence-corrected chi connectivity index (χ3v) is 4.53. The molecule has 0 saturated carbocycles. The van der Waals surface area contributed by atoms with E-state index in [1.54, 1.807) is 7.11 Å². The van der Waals surface area contributed by atoms with Crippen LogP contribution >= 0.6 is 0 Å². The number of hydrogen-bond donors (Lipinski definition) is 2. The summed E-state index contributed by atoms with van der Waals surface area (Å²) in [6.07, 6.45) is 0. The number of ether oxygens (including phenoxy) is 1. The lowest BCUT2D eigenvalue weighted by Crippen LogP contribution is -2.48. The number of rotatable bonds is 5. The van der Waals surface area contributed by atoms with Gasteiger partial charge in [0.1, 0.15) is 5.75 Å². The van der Waals surface area contributed by atoms with Crippen LogP contribution < -0.4 is 15.4 Å². The van der Waals surface area contributed by atoms with Gasteiger partial charge in [0.05, 0.1) is 19.7 Å². The number of nitrogens with one attached hydrogen (secondary N) is 2. The number of piperazine rings is 1. The molecular weight excluding hydrogens is 314 g/mol. The van der Waals surface area contributed by atoms with E-state index in [1.165, 1.54) is 5.56 Å². The Kier molecular flexibility index (Phi) is 5.68. The first-order valence-electron chi connectivity index (χ1n) is 8.61. The summed E-state index contributed by atoms with van der Waals surface area (Å²) in [5.74, 6) is 0.866. The molecule has 0 aliphatic carbocycles. The van der Waals surface area contributed by atoms with Crippen molar-refractivity contribution >= 4 is 11.6 Å². The van der Waals surface area contributed by atoms with Crippen molar-refractivity contribution in [3.8, 4) is 5.75 Å². The van der Waals surface area contributed by atoms with Crippen LogP contribution in [0.15, 0.2) is 48.5 Å². The average molecular weight is 339 g/mol. The fourth-order valence-corrected chi connectivity index (χ4v) is 3.21. The predicted molar refractivity (Wildman–Crippen MR) is 100.0 cm³/mol. The first-order chi connectivity index (χ1) is 12.2. The van der Waals surface area contributed by atoms with Crippen LogP contribution in [0.4, 0.5) is 5.69 Å². The summed E-state index contributed by atoms with van der Waals surface area (Å²) in [5.41, 5.74) is 3.12. The SMILES string of the molecule is COc1ccccc1C1CNCCN1CC(=O)Nc1ccc(C)cc1. The van der Waals surface area contributed by atoms with Crippen molar-refractivity contribution in [2.45, 2.75) is 13.0 Å². The van der Waals surface area contributed by atoms with E-state index >= 15 is 0 Å². The van der Waals surface area contributed by atoms with Gasteiger partial charge in [-0.05, 0) is 25.1 Å². The molecule has 25 heavy (non-hydrogen) atoms. The average Bonchev–Trinajstić information content (AvgIpc) is 2.64. The van der Waals surface area contributed by atoms with Crippen molar-refractivity contribution in [3.63, 3.8) is 0 Å². The number of carbonyl (C=O) groups excluding carboxylic acids is 1. The summed E-state index contributed by atoms with van der Waals surface area (Å²) >= 11 is 0. The number of carbonyl (C=O) groups is 1. The molecule has 0 bridgehead atoms. The molecule has 132 valence electrons. The molecular formula is C20H25N3O2. The second-order valence-corrected chi connectivity index (χ2v) is 6.35. The Labute approximate surface area is 149 Å². The Hall–Kier alpha value is -2.37. The molecule has 5 heteroatoms. The molecule has 1 unspecified atom stereocenters. The maximum atomic E-state index is 12.5. The fraction of sp³-hybridized carbons (Fsp3) is 0.350. The number of anilines is 1. The molecule has 1 fully saturated rings. The molecule has 5 nitrogen and oxygen atoms in total. The molecule has 3 rings (SSSR count). The fourth-order valence-electron chi connectivity index (χ4n) is 3.21. The number of methoxy groups -OCH3 is 1. The summed E-state index contributed by atoms with van der Waals surface area (Å²) in [6.45, 7) is 4.90. The van der Waals surface area contributed by atoms with Crippen LogP contribution in [0.1, 0.15) is 17.2 Å². The zero-order chi connectivity index (χ0) is 17.6. The zero-order valence-electron chi connectivity index (χ0n) is 14.8. The van der Waals surface area contributed by atoms with Gasteiger partial charge >= 0.3 is 0 Å². The number of amides is 1. The third-order valence-electron chi connectivity index (χ3n) is 4.53. The van der Waals surface area contributed by atoms with Crippen LogP contribution in [0.25, 0.3) is 0 Å². The second-order valence-electron chi connectivity index (χ2n) is 6.35. The van der Waals surface area contributed by atoms with Crippen LogP contribution in [0.2, 0.25) is 0 Å². The minimum Gasteiger partial charge on any atom is -0.496 e. The van der Waals surface area contributed by atoms with E-state index in [1.807, 2.05) is 49.4 Å². The quantitative estimate of drug-likeness (QED) is 0.879. The standard InChI is InChI=1S/C20H25N3O2/c1-15-7-9-16(10-8-15)22-20(24)14-23-12-11-21-13-18(23)17-5-3-4-6-19(17)25-2/h3-10,18,21H,11-14H2,1-2H3,(H,22,24). The molecule has 0 aromatic heterocycles. The van der Waals surface area contributed by atoms with Crippen molar-refractivity contribution in [3.05, 3.63) is 59.7 Å². The lowest BCUT2D eigenvalue weighted by Gasteiger charge is -2.36. The van der Waals surface area contributed by atoms with Gasteiger partial charge in [-0.25, -0.2) is 0 Å². The summed E-state index contributed by atoms with van der Waals surface area (Å²) in [4.78, 5) is 14.7. The highest BCUT2D eigenvalue weighted by atomic mass is 16.5. The summed E-state index contributed by atoms with van der Waals surface area (Å²) in [7, 11) is 1.68. The van der Waals surface area contributed by atoms with E-state index in [0.29, 0.717) is 6.54 Å². The van der Waals surface area contributed by atoms with E-state index in [4.69, 9.17) is 4.74 Å². The Balaban J connectivity index is 1.70. The molecule has 1 aliphatic rings. The van der Waals surface area contributed by atoms with Crippen LogP contribution in [0.5, 0.6) is 5.75 Å². The van der Waals surface area contributed by atoms with E-state index in [9.17, 15) is 4.79 Å². The van der Waals surface area contributed by atoms with Gasteiger partial charge in [-0.15, -0.1) is 0 Å². The lowest BCUT2D eigenvalue weighted by atomic mass is 10.0. The molecule has 0 spiro atoms. The van der Waals surface area contributed by atoms with Gasteiger partial charge in [-0.2, -0.15) is 0 Å². The molecule has 1 amide bonds.